The second kappa shape index (κ2) is 5.34. The molecule has 20 heavy (non-hydrogen) atoms. The Balaban J connectivity index is 3.32. The first kappa shape index (κ1) is 16.9. The van der Waals surface area contributed by atoms with Gasteiger partial charge in [0.05, 0.1) is 4.90 Å². The van der Waals surface area contributed by atoms with Crippen LogP contribution in [0, 0.1) is 0 Å². The Hall–Kier alpha value is -1.13. The smallest absolute Gasteiger partial charge is 0.418 e. The highest BCUT2D eigenvalue weighted by Crippen LogP contribution is 2.32. The summed E-state index contributed by atoms with van der Waals surface area (Å²) in [5.41, 5.74) is -3.62. The number of hydrogen-bond acceptors (Lipinski definition) is 3. The van der Waals surface area contributed by atoms with Gasteiger partial charge in [0.2, 0.25) is 15.6 Å². The Morgan fingerprint density at radius 1 is 1.30 bits per heavy atom. The first-order valence-electron chi connectivity index (χ1n) is 5.00. The lowest BCUT2D eigenvalue weighted by Crippen LogP contribution is -2.61. The van der Waals surface area contributed by atoms with Gasteiger partial charge in [-0.15, -0.1) is 0 Å². The first-order chi connectivity index (χ1) is 8.92. The Morgan fingerprint density at radius 2 is 1.80 bits per heavy atom. The topological polar surface area (TPSA) is 83.5 Å². The van der Waals surface area contributed by atoms with E-state index in [1.807, 2.05) is 0 Å². The van der Waals surface area contributed by atoms with E-state index in [0.29, 0.717) is 0 Å². The Morgan fingerprint density at radius 3 is 2.20 bits per heavy atom. The maximum Gasteiger partial charge on any atom is 0.418 e. The molecule has 0 fully saturated rings. The average molecular weight is 376 g/mol. The maximum absolute atomic E-state index is 12.8. The third-order valence-corrected chi connectivity index (χ3v) is 5.03. The van der Waals surface area contributed by atoms with E-state index in [-0.39, 0.29) is 11.4 Å². The van der Waals surface area contributed by atoms with Crippen molar-refractivity contribution < 1.29 is 31.5 Å². The number of carboxylic acid groups (broad SMARTS) is 1. The van der Waals surface area contributed by atoms with Crippen LogP contribution in [0.4, 0.5) is 13.2 Å². The van der Waals surface area contributed by atoms with E-state index in [1.165, 1.54) is 22.9 Å². The molecule has 0 spiro atoms. The van der Waals surface area contributed by atoms with E-state index < -0.39 is 32.6 Å². The van der Waals surface area contributed by atoms with Gasteiger partial charge in [0.15, 0.2) is 0 Å². The number of aliphatic carboxylic acids is 1. The van der Waals surface area contributed by atoms with Gasteiger partial charge >= 0.3 is 12.1 Å². The second-order valence-corrected chi connectivity index (χ2v) is 6.47. The van der Waals surface area contributed by atoms with Gasteiger partial charge in [-0.05, 0) is 35.0 Å². The molecule has 0 aliphatic heterocycles. The zero-order valence-corrected chi connectivity index (χ0v) is 12.3. The summed E-state index contributed by atoms with van der Waals surface area (Å²) < 4.78 is 63.4. The number of halogens is 4. The molecule has 5 nitrogen and oxygen atoms in total. The summed E-state index contributed by atoms with van der Waals surface area (Å²) in [6, 6.07) is 5.11. The molecule has 2 N–H and O–H groups in total. The molecule has 0 aliphatic carbocycles. The highest BCUT2D eigenvalue weighted by molar-refractivity contribution is 9.10. The highest BCUT2D eigenvalue weighted by Gasteiger charge is 2.59. The number of hydrogen-bond donors (Lipinski definition) is 2. The molecular weight excluding hydrogens is 367 g/mol. The number of carboxylic acids is 1. The lowest BCUT2D eigenvalue weighted by Gasteiger charge is -2.28. The van der Waals surface area contributed by atoms with Crippen molar-refractivity contribution in [3.05, 3.63) is 28.7 Å². The van der Waals surface area contributed by atoms with Crippen molar-refractivity contribution in [1.82, 2.24) is 4.72 Å². The zero-order chi connectivity index (χ0) is 15.8. The summed E-state index contributed by atoms with van der Waals surface area (Å²) in [5.74, 6) is -2.35. The van der Waals surface area contributed by atoms with Crippen LogP contribution in [-0.2, 0) is 14.8 Å². The summed E-state index contributed by atoms with van der Waals surface area (Å²) in [6.45, 7) is 0.240. The van der Waals surface area contributed by atoms with Crippen LogP contribution in [0.25, 0.3) is 0 Å². The van der Waals surface area contributed by atoms with Gasteiger partial charge in [0, 0.05) is 4.47 Å². The van der Waals surface area contributed by atoms with Crippen LogP contribution in [0.15, 0.2) is 33.6 Å². The fraction of sp³-hybridized carbons (Fsp3) is 0.300. The minimum Gasteiger partial charge on any atom is -0.480 e. The van der Waals surface area contributed by atoms with E-state index in [9.17, 15) is 26.4 Å². The molecule has 1 atom stereocenters. The van der Waals surface area contributed by atoms with Gasteiger partial charge in [0.25, 0.3) is 0 Å². The average Bonchev–Trinajstić information content (AvgIpc) is 2.26. The maximum atomic E-state index is 12.8. The number of sulfonamides is 1. The predicted octanol–water partition coefficient (Wildman–Crippen LogP) is 2.13. The van der Waals surface area contributed by atoms with Gasteiger partial charge in [-0.3, -0.25) is 0 Å². The summed E-state index contributed by atoms with van der Waals surface area (Å²) in [6.07, 6.45) is -5.30. The molecule has 0 amide bonds. The molecule has 0 bridgehead atoms. The highest BCUT2D eigenvalue weighted by atomic mass is 79.9. The molecular formula is C10H9BrF3NO4S. The minimum atomic E-state index is -5.30. The predicted molar refractivity (Wildman–Crippen MR) is 66.6 cm³/mol. The van der Waals surface area contributed by atoms with Gasteiger partial charge < -0.3 is 5.11 Å². The van der Waals surface area contributed by atoms with E-state index in [2.05, 4.69) is 15.9 Å². The quantitative estimate of drug-likeness (QED) is 0.844. The molecule has 112 valence electrons. The molecule has 0 saturated carbocycles. The largest absolute Gasteiger partial charge is 0.480 e. The molecule has 10 heteroatoms. The van der Waals surface area contributed by atoms with Crippen LogP contribution < -0.4 is 4.72 Å². The van der Waals surface area contributed by atoms with Crippen LogP contribution in [0.3, 0.4) is 0 Å². The van der Waals surface area contributed by atoms with Crippen LogP contribution in [0.1, 0.15) is 6.92 Å². The summed E-state index contributed by atoms with van der Waals surface area (Å²) >= 11 is 2.88. The third-order valence-electron chi connectivity index (χ3n) is 2.46. The Labute approximate surface area is 121 Å². The standard InChI is InChI=1S/C10H9BrF3NO4S/c1-9(8(16)17,10(12,13)14)15-20(18,19)7-5-3-2-4-6(7)11/h2-5,15H,1H3,(H,16,17). The minimum absolute atomic E-state index is 0.0161. The monoisotopic (exact) mass is 375 g/mol. The van der Waals surface area contributed by atoms with E-state index in [4.69, 9.17) is 5.11 Å². The normalized spacial score (nSPS) is 15.7. The van der Waals surface area contributed by atoms with Crippen molar-refractivity contribution in [2.24, 2.45) is 0 Å². The summed E-state index contributed by atoms with van der Waals surface area (Å²) in [7, 11) is -4.67. The molecule has 0 aliphatic rings. The van der Waals surface area contributed by atoms with Crippen molar-refractivity contribution in [2.75, 3.05) is 0 Å². The molecule has 1 aromatic rings. The van der Waals surface area contributed by atoms with E-state index in [1.54, 1.807) is 0 Å². The van der Waals surface area contributed by atoms with Crippen LogP contribution >= 0.6 is 15.9 Å². The molecule has 1 rings (SSSR count). The summed E-state index contributed by atoms with van der Waals surface area (Å²) in [5, 5.41) is 8.69. The summed E-state index contributed by atoms with van der Waals surface area (Å²) in [4.78, 5) is 10.3. The molecule has 1 aromatic carbocycles. The van der Waals surface area contributed by atoms with Crippen molar-refractivity contribution in [2.45, 2.75) is 23.5 Å². The van der Waals surface area contributed by atoms with Crippen molar-refractivity contribution >= 4 is 31.9 Å². The molecule has 0 aromatic heterocycles. The molecule has 0 heterocycles. The van der Waals surface area contributed by atoms with Crippen molar-refractivity contribution in [3.8, 4) is 0 Å². The van der Waals surface area contributed by atoms with E-state index >= 15 is 0 Å². The number of nitrogens with one attached hydrogen (secondary N) is 1. The van der Waals surface area contributed by atoms with Crippen LogP contribution in [0.2, 0.25) is 0 Å². The lowest BCUT2D eigenvalue weighted by atomic mass is 10.0. The fourth-order valence-corrected chi connectivity index (χ4v) is 3.57. The molecule has 0 saturated heterocycles. The Kier molecular flexibility index (Phi) is 4.52. The number of carbonyl (C=O) groups is 1. The lowest BCUT2D eigenvalue weighted by molar-refractivity contribution is -0.201. The molecule has 0 radical (unpaired) electrons. The zero-order valence-electron chi connectivity index (χ0n) is 9.90. The van der Waals surface area contributed by atoms with Crippen molar-refractivity contribution in [3.63, 3.8) is 0 Å². The number of rotatable bonds is 4. The molecule has 1 unspecified atom stereocenters. The van der Waals surface area contributed by atoms with Gasteiger partial charge in [-0.2, -0.15) is 17.9 Å². The Bertz CT molecular complexity index is 632. The van der Waals surface area contributed by atoms with Gasteiger partial charge in [-0.1, -0.05) is 12.1 Å². The van der Waals surface area contributed by atoms with Gasteiger partial charge in [0.1, 0.15) is 0 Å². The van der Waals surface area contributed by atoms with E-state index in [0.717, 1.165) is 6.07 Å². The number of benzene rings is 1. The SMILES string of the molecule is CC(NS(=O)(=O)c1ccccc1Br)(C(=O)O)C(F)(F)F. The van der Waals surface area contributed by atoms with Crippen LogP contribution in [0.5, 0.6) is 0 Å². The second-order valence-electron chi connectivity index (χ2n) is 3.96. The third kappa shape index (κ3) is 3.13. The van der Waals surface area contributed by atoms with Crippen molar-refractivity contribution in [1.29, 1.82) is 0 Å². The van der Waals surface area contributed by atoms with Gasteiger partial charge in [-0.25, -0.2) is 13.2 Å². The van der Waals surface area contributed by atoms with Crippen LogP contribution in [-0.4, -0.2) is 31.2 Å². The fourth-order valence-electron chi connectivity index (χ4n) is 1.21. The number of alkyl halides is 3. The first-order valence-corrected chi connectivity index (χ1v) is 7.28.